The van der Waals surface area contributed by atoms with E-state index in [1.165, 1.54) is 0 Å². The maximum absolute atomic E-state index is 11.2. The van der Waals surface area contributed by atoms with Gasteiger partial charge in [0.15, 0.2) is 0 Å². The van der Waals surface area contributed by atoms with Gasteiger partial charge in [-0.3, -0.25) is 4.79 Å². The molecule has 0 rings (SSSR count). The van der Waals surface area contributed by atoms with Gasteiger partial charge in [-0.15, -0.1) is 0 Å². The third kappa shape index (κ3) is 4.85. The van der Waals surface area contributed by atoms with E-state index in [4.69, 9.17) is 5.11 Å². The molecule has 0 saturated heterocycles. The summed E-state index contributed by atoms with van der Waals surface area (Å²) in [6.45, 7) is 5.84. The number of rotatable bonds is 4. The van der Waals surface area contributed by atoms with Crippen molar-refractivity contribution in [2.75, 3.05) is 13.2 Å². The van der Waals surface area contributed by atoms with E-state index in [1.54, 1.807) is 20.8 Å². The smallest absolute Gasteiger partial charge is 0.249 e. The van der Waals surface area contributed by atoms with Gasteiger partial charge < -0.3 is 15.5 Å². The Balaban J connectivity index is 3.84. The summed E-state index contributed by atoms with van der Waals surface area (Å²) in [5.41, 5.74) is -0.441. The molecule has 4 heteroatoms. The minimum atomic E-state index is -0.994. The topological polar surface area (TPSA) is 69.6 Å². The molecule has 0 aromatic heterocycles. The maximum Gasteiger partial charge on any atom is 0.249 e. The molecule has 0 spiro atoms. The zero-order valence-corrected chi connectivity index (χ0v) is 8.50. The van der Waals surface area contributed by atoms with Crippen molar-refractivity contribution < 1.29 is 15.0 Å². The van der Waals surface area contributed by atoms with Crippen LogP contribution in [0.25, 0.3) is 0 Å². The first-order chi connectivity index (χ1) is 5.89. The number of amides is 1. The van der Waals surface area contributed by atoms with Crippen molar-refractivity contribution in [3.63, 3.8) is 0 Å². The summed E-state index contributed by atoms with van der Waals surface area (Å²) in [5.74, 6) is -0.374. The molecule has 1 atom stereocenters. The van der Waals surface area contributed by atoms with E-state index in [0.717, 1.165) is 0 Å². The number of aliphatic hydroxyl groups excluding tert-OH is 2. The van der Waals surface area contributed by atoms with E-state index in [9.17, 15) is 9.90 Å². The highest BCUT2D eigenvalue weighted by Gasteiger charge is 2.28. The van der Waals surface area contributed by atoms with E-state index < -0.39 is 11.5 Å². The van der Waals surface area contributed by atoms with Crippen molar-refractivity contribution in [2.24, 2.45) is 5.41 Å². The summed E-state index contributed by atoms with van der Waals surface area (Å²) in [4.78, 5) is 11.2. The Kier molecular flexibility index (Phi) is 4.95. The van der Waals surface area contributed by atoms with E-state index in [2.05, 4.69) is 5.32 Å². The van der Waals surface area contributed by atoms with E-state index in [0.29, 0.717) is 13.0 Å². The van der Waals surface area contributed by atoms with Gasteiger partial charge in [0, 0.05) is 13.2 Å². The van der Waals surface area contributed by atoms with Crippen molar-refractivity contribution in [3.8, 4) is 0 Å². The minimum absolute atomic E-state index is 0.0475. The highest BCUT2D eigenvalue weighted by atomic mass is 16.3. The van der Waals surface area contributed by atoms with E-state index in [1.807, 2.05) is 0 Å². The average Bonchev–Trinajstić information content (AvgIpc) is 2.01. The van der Waals surface area contributed by atoms with Crippen LogP contribution >= 0.6 is 0 Å². The third-order valence-electron chi connectivity index (χ3n) is 1.70. The second-order valence-electron chi connectivity index (χ2n) is 4.14. The van der Waals surface area contributed by atoms with Crippen LogP contribution in [0.15, 0.2) is 0 Å². The average molecular weight is 189 g/mol. The predicted octanol–water partition coefficient (Wildman–Crippen LogP) is -0.108. The fourth-order valence-electron chi connectivity index (χ4n) is 0.781. The Labute approximate surface area is 79.0 Å². The maximum atomic E-state index is 11.2. The third-order valence-corrected chi connectivity index (χ3v) is 1.70. The van der Waals surface area contributed by atoms with Crippen LogP contribution in [0.5, 0.6) is 0 Å². The lowest BCUT2D eigenvalue weighted by Gasteiger charge is -2.24. The van der Waals surface area contributed by atoms with Gasteiger partial charge >= 0.3 is 0 Å². The summed E-state index contributed by atoms with van der Waals surface area (Å²) in [5, 5.41) is 20.5. The van der Waals surface area contributed by atoms with Crippen LogP contribution in [0.1, 0.15) is 27.2 Å². The molecule has 0 aliphatic heterocycles. The summed E-state index contributed by atoms with van der Waals surface area (Å²) in [7, 11) is 0. The molecule has 1 amide bonds. The van der Waals surface area contributed by atoms with Crippen LogP contribution in [-0.2, 0) is 4.79 Å². The Morgan fingerprint density at radius 1 is 1.46 bits per heavy atom. The van der Waals surface area contributed by atoms with Crippen molar-refractivity contribution >= 4 is 5.91 Å². The Morgan fingerprint density at radius 3 is 2.38 bits per heavy atom. The highest BCUT2D eigenvalue weighted by Crippen LogP contribution is 2.18. The van der Waals surface area contributed by atoms with Crippen molar-refractivity contribution in [2.45, 2.75) is 33.3 Å². The van der Waals surface area contributed by atoms with Crippen molar-refractivity contribution in [3.05, 3.63) is 0 Å². The molecule has 0 bridgehead atoms. The molecule has 0 radical (unpaired) electrons. The van der Waals surface area contributed by atoms with Crippen LogP contribution in [-0.4, -0.2) is 35.4 Å². The predicted molar refractivity (Wildman–Crippen MR) is 50.2 cm³/mol. The molecule has 1 unspecified atom stereocenters. The van der Waals surface area contributed by atoms with Gasteiger partial charge in [0.25, 0.3) is 0 Å². The first-order valence-corrected chi connectivity index (χ1v) is 4.46. The lowest BCUT2D eigenvalue weighted by Crippen LogP contribution is -2.42. The van der Waals surface area contributed by atoms with Gasteiger partial charge in [0.05, 0.1) is 0 Å². The summed E-state index contributed by atoms with van der Waals surface area (Å²) in [6, 6.07) is 0. The molecule has 4 nitrogen and oxygen atoms in total. The standard InChI is InChI=1S/C9H19NO3/c1-9(2,3)7(12)8(13)10-5-4-6-11/h7,11-12H,4-6H2,1-3H3,(H,10,13). The zero-order valence-electron chi connectivity index (χ0n) is 8.50. The first-order valence-electron chi connectivity index (χ1n) is 4.46. The normalized spacial score (nSPS) is 13.9. The molecular formula is C9H19NO3. The molecule has 3 N–H and O–H groups in total. The summed E-state index contributed by atoms with van der Waals surface area (Å²) >= 11 is 0. The fraction of sp³-hybridized carbons (Fsp3) is 0.889. The largest absolute Gasteiger partial charge is 0.396 e. The summed E-state index contributed by atoms with van der Waals surface area (Å²) in [6.07, 6.45) is -0.478. The molecular weight excluding hydrogens is 170 g/mol. The van der Waals surface area contributed by atoms with Gasteiger partial charge in [0.1, 0.15) is 6.10 Å². The SMILES string of the molecule is CC(C)(C)C(O)C(=O)NCCCO. The second kappa shape index (κ2) is 5.19. The molecule has 0 aromatic carbocycles. The van der Waals surface area contributed by atoms with E-state index >= 15 is 0 Å². The highest BCUT2D eigenvalue weighted by molar-refractivity contribution is 5.81. The van der Waals surface area contributed by atoms with Crippen LogP contribution in [0.4, 0.5) is 0 Å². The Bertz CT molecular complexity index is 163. The van der Waals surface area contributed by atoms with Gasteiger partial charge in [-0.25, -0.2) is 0 Å². The van der Waals surface area contributed by atoms with Gasteiger partial charge in [-0.2, -0.15) is 0 Å². The lowest BCUT2D eigenvalue weighted by molar-refractivity contribution is -0.134. The number of carbonyl (C=O) groups is 1. The first kappa shape index (κ1) is 12.4. The van der Waals surface area contributed by atoms with Crippen molar-refractivity contribution in [1.82, 2.24) is 5.32 Å². The number of hydrogen-bond acceptors (Lipinski definition) is 3. The van der Waals surface area contributed by atoms with E-state index in [-0.39, 0.29) is 12.5 Å². The van der Waals surface area contributed by atoms with Crippen LogP contribution < -0.4 is 5.32 Å². The molecule has 0 heterocycles. The monoisotopic (exact) mass is 189 g/mol. The molecule has 13 heavy (non-hydrogen) atoms. The van der Waals surface area contributed by atoms with Gasteiger partial charge in [-0.05, 0) is 11.8 Å². The van der Waals surface area contributed by atoms with Gasteiger partial charge in [-0.1, -0.05) is 20.8 Å². The number of aliphatic hydroxyl groups is 2. The Morgan fingerprint density at radius 2 is 2.00 bits per heavy atom. The van der Waals surface area contributed by atoms with Gasteiger partial charge in [0.2, 0.25) is 5.91 Å². The van der Waals surface area contributed by atoms with Crippen LogP contribution in [0.2, 0.25) is 0 Å². The molecule has 0 aliphatic rings. The quantitative estimate of drug-likeness (QED) is 0.540. The Hall–Kier alpha value is -0.610. The van der Waals surface area contributed by atoms with Crippen molar-refractivity contribution in [1.29, 1.82) is 0 Å². The molecule has 0 aromatic rings. The van der Waals surface area contributed by atoms with Crippen LogP contribution in [0, 0.1) is 5.41 Å². The number of nitrogens with one attached hydrogen (secondary N) is 1. The lowest BCUT2D eigenvalue weighted by atomic mass is 9.89. The molecule has 0 saturated carbocycles. The summed E-state index contributed by atoms with van der Waals surface area (Å²) < 4.78 is 0. The molecule has 0 fully saturated rings. The molecule has 0 aliphatic carbocycles. The number of carbonyl (C=O) groups excluding carboxylic acids is 1. The fourth-order valence-corrected chi connectivity index (χ4v) is 0.781. The molecule has 78 valence electrons. The van der Waals surface area contributed by atoms with Crippen LogP contribution in [0.3, 0.4) is 0 Å². The zero-order chi connectivity index (χ0) is 10.5. The second-order valence-corrected chi connectivity index (χ2v) is 4.14. The number of hydrogen-bond donors (Lipinski definition) is 3. The minimum Gasteiger partial charge on any atom is -0.396 e.